The summed E-state index contributed by atoms with van der Waals surface area (Å²) < 4.78 is 11.4. The van der Waals surface area contributed by atoms with Gasteiger partial charge in [0.2, 0.25) is 0 Å². The third kappa shape index (κ3) is 4.28. The topological polar surface area (TPSA) is 48.8 Å². The first-order chi connectivity index (χ1) is 28.3. The minimum Gasteiger partial charge on any atom is -0.455 e. The fraction of sp³-hybridized carbons (Fsp3) is 0. The van der Waals surface area contributed by atoms with Crippen LogP contribution >= 0.6 is 0 Å². The van der Waals surface area contributed by atoms with E-state index in [2.05, 4.69) is 155 Å². The third-order valence-corrected chi connectivity index (χ3v) is 11.9. The van der Waals surface area contributed by atoms with E-state index < -0.39 is 0 Å². The monoisotopic (exact) mass is 726 g/mol. The number of rotatable bonds is 3. The largest absolute Gasteiger partial charge is 0.455 e. The molecule has 264 valence electrons. The van der Waals surface area contributed by atoms with Crippen molar-refractivity contribution in [3.63, 3.8) is 0 Å². The summed E-state index contributed by atoms with van der Waals surface area (Å²) in [5.74, 6) is 0.762. The first-order valence-corrected chi connectivity index (χ1v) is 19.3. The van der Waals surface area contributed by atoms with Crippen molar-refractivity contribution in [3.8, 4) is 22.8 Å². The maximum Gasteiger partial charge on any atom is 0.165 e. The van der Waals surface area contributed by atoms with E-state index in [1.165, 1.54) is 38.0 Å². The molecule has 0 aliphatic carbocycles. The van der Waals surface area contributed by atoms with E-state index in [4.69, 9.17) is 14.4 Å². The highest BCUT2D eigenvalue weighted by Crippen LogP contribution is 2.43. The Labute approximate surface area is 325 Å². The summed E-state index contributed by atoms with van der Waals surface area (Å²) >= 11 is 0. The summed E-state index contributed by atoms with van der Waals surface area (Å²) in [5, 5.41) is 11.7. The van der Waals surface area contributed by atoms with E-state index in [1.807, 2.05) is 36.4 Å². The maximum atomic E-state index is 6.61. The van der Waals surface area contributed by atoms with Gasteiger partial charge in [0.05, 0.1) is 38.8 Å². The van der Waals surface area contributed by atoms with Crippen LogP contribution in [0.25, 0.3) is 121 Å². The molecule has 4 aromatic heterocycles. The van der Waals surface area contributed by atoms with Gasteiger partial charge in [0, 0.05) is 43.3 Å². The van der Waals surface area contributed by atoms with Crippen LogP contribution in [0, 0.1) is 0 Å². The molecule has 9 aromatic carbocycles. The predicted molar refractivity (Wildman–Crippen MR) is 236 cm³/mol. The summed E-state index contributed by atoms with van der Waals surface area (Å²) in [6.07, 6.45) is 0. The highest BCUT2D eigenvalue weighted by atomic mass is 16.3. The van der Waals surface area contributed by atoms with E-state index in [-0.39, 0.29) is 0 Å². The molecule has 0 spiro atoms. The minimum absolute atomic E-state index is 0.762. The summed E-state index contributed by atoms with van der Waals surface area (Å²) in [6.45, 7) is 0. The highest BCUT2D eigenvalue weighted by molar-refractivity contribution is 6.18. The molecule has 4 heterocycles. The van der Waals surface area contributed by atoms with E-state index in [0.717, 1.165) is 82.9 Å². The molecule has 0 fully saturated rings. The zero-order valence-electron chi connectivity index (χ0n) is 30.5. The number of nitrogens with zero attached hydrogens (tertiary/aromatic N) is 4. The second-order valence-electron chi connectivity index (χ2n) is 15.0. The Morgan fingerprint density at radius 1 is 0.368 bits per heavy atom. The Kier molecular flexibility index (Phi) is 6.10. The smallest absolute Gasteiger partial charge is 0.165 e. The van der Waals surface area contributed by atoms with Crippen LogP contribution in [0.5, 0.6) is 0 Å². The van der Waals surface area contributed by atoms with E-state index in [0.29, 0.717) is 0 Å². The number of furan rings is 1. The summed E-state index contributed by atoms with van der Waals surface area (Å²) in [6, 6.07) is 64.8. The molecule has 0 saturated carbocycles. The minimum atomic E-state index is 0.762. The highest BCUT2D eigenvalue weighted by Gasteiger charge is 2.23. The van der Waals surface area contributed by atoms with Crippen LogP contribution in [0.15, 0.2) is 186 Å². The molecule has 0 bridgehead atoms. The molecule has 57 heavy (non-hydrogen) atoms. The van der Waals surface area contributed by atoms with Crippen molar-refractivity contribution in [2.75, 3.05) is 0 Å². The molecule has 5 heteroatoms. The molecule has 0 atom stereocenters. The normalized spacial score (nSPS) is 12.2. The second-order valence-corrected chi connectivity index (χ2v) is 15.0. The van der Waals surface area contributed by atoms with Gasteiger partial charge in [0.25, 0.3) is 0 Å². The van der Waals surface area contributed by atoms with Crippen LogP contribution in [0.1, 0.15) is 0 Å². The van der Waals surface area contributed by atoms with Crippen molar-refractivity contribution >= 4 is 98.1 Å². The number of fused-ring (bicyclic) bond motifs is 12. The van der Waals surface area contributed by atoms with Crippen molar-refractivity contribution in [3.05, 3.63) is 182 Å². The Morgan fingerprint density at radius 3 is 1.77 bits per heavy atom. The molecule has 5 nitrogen and oxygen atoms in total. The average Bonchev–Trinajstić information content (AvgIpc) is 3.91. The Hall–Kier alpha value is -7.76. The zero-order chi connectivity index (χ0) is 37.2. The Morgan fingerprint density at radius 2 is 0.947 bits per heavy atom. The predicted octanol–water partition coefficient (Wildman–Crippen LogP) is 13.7. The number of aromatic nitrogens is 4. The molecule has 13 aromatic rings. The van der Waals surface area contributed by atoms with Crippen LogP contribution in [0.4, 0.5) is 0 Å². The molecule has 0 amide bonds. The summed E-state index contributed by atoms with van der Waals surface area (Å²) in [4.78, 5) is 10.8. The van der Waals surface area contributed by atoms with E-state index in [1.54, 1.807) is 0 Å². The van der Waals surface area contributed by atoms with Crippen molar-refractivity contribution in [2.45, 2.75) is 0 Å². The number of hydrogen-bond donors (Lipinski definition) is 0. The van der Waals surface area contributed by atoms with Crippen molar-refractivity contribution in [1.29, 1.82) is 0 Å². The SMILES string of the molecule is c1ccc2cc3c(cc2c1)c1ccccc1n3-c1cccc2cc3c(cc12)c1ccccc1n3-c1nc2ccccc2nc1-c1cccc2c1oc1ccccc12. The van der Waals surface area contributed by atoms with Crippen molar-refractivity contribution < 1.29 is 4.42 Å². The molecule has 0 N–H and O–H groups in total. The number of hydrogen-bond acceptors (Lipinski definition) is 3. The maximum absolute atomic E-state index is 6.61. The van der Waals surface area contributed by atoms with Gasteiger partial charge in [-0.25, -0.2) is 9.97 Å². The van der Waals surface area contributed by atoms with E-state index in [9.17, 15) is 0 Å². The van der Waals surface area contributed by atoms with Crippen molar-refractivity contribution in [2.24, 2.45) is 0 Å². The fourth-order valence-corrected chi connectivity index (χ4v) is 9.32. The van der Waals surface area contributed by atoms with E-state index >= 15 is 0 Å². The van der Waals surface area contributed by atoms with Gasteiger partial charge < -0.3 is 8.98 Å². The van der Waals surface area contributed by atoms with Crippen LogP contribution in [0.2, 0.25) is 0 Å². The average molecular weight is 727 g/mol. The molecule has 0 aliphatic heterocycles. The van der Waals surface area contributed by atoms with Gasteiger partial charge >= 0.3 is 0 Å². The van der Waals surface area contributed by atoms with Crippen LogP contribution in [0.3, 0.4) is 0 Å². The van der Waals surface area contributed by atoms with Gasteiger partial charge in [0.1, 0.15) is 16.9 Å². The molecule has 0 saturated heterocycles. The zero-order valence-corrected chi connectivity index (χ0v) is 30.5. The Balaban J connectivity index is 1.13. The van der Waals surface area contributed by atoms with Gasteiger partial charge in [-0.3, -0.25) is 4.57 Å². The lowest BCUT2D eigenvalue weighted by Crippen LogP contribution is -2.04. The van der Waals surface area contributed by atoms with Crippen molar-refractivity contribution in [1.82, 2.24) is 19.1 Å². The van der Waals surface area contributed by atoms with Gasteiger partial charge in [0.15, 0.2) is 5.82 Å². The quantitative estimate of drug-likeness (QED) is 0.182. The second kappa shape index (κ2) is 11.4. The lowest BCUT2D eigenvalue weighted by atomic mass is 10.0. The molecular weight excluding hydrogens is 697 g/mol. The van der Waals surface area contributed by atoms with Gasteiger partial charge in [-0.05, 0) is 82.9 Å². The molecule has 0 radical (unpaired) electrons. The third-order valence-electron chi connectivity index (χ3n) is 11.9. The number of para-hydroxylation sites is 6. The molecule has 13 rings (SSSR count). The van der Waals surface area contributed by atoms with Crippen LogP contribution in [-0.2, 0) is 0 Å². The molecule has 0 aliphatic rings. The Bertz CT molecular complexity index is 3830. The van der Waals surface area contributed by atoms with Gasteiger partial charge in [-0.1, -0.05) is 115 Å². The first-order valence-electron chi connectivity index (χ1n) is 19.3. The number of benzene rings is 9. The summed E-state index contributed by atoms with van der Waals surface area (Å²) in [7, 11) is 0. The van der Waals surface area contributed by atoms with Gasteiger partial charge in [-0.2, -0.15) is 0 Å². The van der Waals surface area contributed by atoms with Gasteiger partial charge in [-0.15, -0.1) is 0 Å². The lowest BCUT2D eigenvalue weighted by molar-refractivity contribution is 0.669. The first kappa shape index (κ1) is 30.6. The fourth-order valence-electron chi connectivity index (χ4n) is 9.32. The van der Waals surface area contributed by atoms with Crippen LogP contribution < -0.4 is 0 Å². The summed E-state index contributed by atoms with van der Waals surface area (Å²) in [5.41, 5.74) is 10.7. The molecular formula is C52H30N4O. The standard InChI is InChI=1S/C52H30N4O/c1-2-14-32-28-47-40(27-31(32)13-1)34-16-3-8-23-44(34)55(47)46-25-11-15-33-29-48-41(30-39(33)46)35-17-4-9-24-45(35)56(48)52-50(53-42-21-6-7-22-43(42)54-52)38-20-12-19-37-36-18-5-10-26-49(36)57-51(37)38/h1-30H. The molecule has 0 unspecified atom stereocenters. The lowest BCUT2D eigenvalue weighted by Gasteiger charge is -2.15. The van der Waals surface area contributed by atoms with Crippen LogP contribution in [-0.4, -0.2) is 19.1 Å².